The second-order valence-electron chi connectivity index (χ2n) is 8.21. The number of benzene rings is 2. The van der Waals surface area contributed by atoms with Gasteiger partial charge in [0, 0.05) is 37.6 Å². The zero-order valence-corrected chi connectivity index (χ0v) is 22.4. The van der Waals surface area contributed by atoms with Gasteiger partial charge in [0.1, 0.15) is 6.04 Å². The van der Waals surface area contributed by atoms with Gasteiger partial charge in [-0.25, -0.2) is 12.7 Å². The van der Waals surface area contributed by atoms with Gasteiger partial charge in [-0.15, -0.1) is 0 Å². The van der Waals surface area contributed by atoms with Crippen LogP contribution in [-0.4, -0.2) is 55.6 Å². The van der Waals surface area contributed by atoms with Crippen molar-refractivity contribution in [3.63, 3.8) is 0 Å². The van der Waals surface area contributed by atoms with E-state index in [1.165, 1.54) is 11.4 Å². The Hall–Kier alpha value is -2.23. The first-order chi connectivity index (χ1) is 16.2. The van der Waals surface area contributed by atoms with Crippen molar-refractivity contribution in [1.29, 1.82) is 0 Å². The molecule has 0 heterocycles. The fourth-order valence-corrected chi connectivity index (χ4v) is 4.89. The second kappa shape index (κ2) is 13.6. The maximum Gasteiger partial charge on any atom is 0.242 e. The molecule has 0 aliphatic heterocycles. The van der Waals surface area contributed by atoms with Crippen molar-refractivity contribution in [3.05, 3.63) is 64.6 Å². The first kappa shape index (κ1) is 28.0. The Balaban J connectivity index is 2.05. The lowest BCUT2D eigenvalue weighted by atomic mass is 10.1. The van der Waals surface area contributed by atoms with Crippen LogP contribution in [0, 0.1) is 0 Å². The minimum Gasteiger partial charge on any atom is -0.354 e. The Morgan fingerprint density at radius 1 is 1.03 bits per heavy atom. The monoisotopic (exact) mass is 551 g/mol. The lowest BCUT2D eigenvalue weighted by Crippen LogP contribution is -2.47. The van der Waals surface area contributed by atoms with Gasteiger partial charge in [-0.2, -0.15) is 0 Å². The molecule has 2 rings (SSSR count). The fourth-order valence-electron chi connectivity index (χ4n) is 3.39. The van der Waals surface area contributed by atoms with E-state index in [9.17, 15) is 18.0 Å². The highest BCUT2D eigenvalue weighted by atomic mass is 79.9. The average molecular weight is 553 g/mol. The quantitative estimate of drug-likeness (QED) is 0.378. The first-order valence-corrected chi connectivity index (χ1v) is 13.7. The summed E-state index contributed by atoms with van der Waals surface area (Å²) in [4.78, 5) is 27.6. The van der Waals surface area contributed by atoms with Crippen molar-refractivity contribution in [2.45, 2.75) is 57.0 Å². The molecule has 34 heavy (non-hydrogen) atoms. The zero-order valence-electron chi connectivity index (χ0n) is 20.0. The Labute approximate surface area is 211 Å². The van der Waals surface area contributed by atoms with Crippen LogP contribution < -0.4 is 5.32 Å². The van der Waals surface area contributed by atoms with Crippen LogP contribution in [-0.2, 0) is 26.2 Å². The van der Waals surface area contributed by atoms with Crippen molar-refractivity contribution in [3.8, 4) is 0 Å². The molecule has 0 bridgehead atoms. The largest absolute Gasteiger partial charge is 0.354 e. The third-order valence-corrected chi connectivity index (χ3v) is 7.98. The number of hydrogen-bond donors (Lipinski definition) is 1. The number of halogens is 1. The van der Waals surface area contributed by atoms with Crippen molar-refractivity contribution < 1.29 is 18.0 Å². The zero-order chi connectivity index (χ0) is 25.1. The predicted octanol–water partition coefficient (Wildman–Crippen LogP) is 4.18. The highest BCUT2D eigenvalue weighted by Crippen LogP contribution is 2.17. The molecule has 1 N–H and O–H groups in total. The molecule has 0 aromatic heterocycles. The topological polar surface area (TPSA) is 86.8 Å². The Kier molecular flexibility index (Phi) is 11.2. The SMILES string of the molecule is CCCCNC(=O)[C@@H](C)N(Cc1ccc(Br)cc1)C(=O)CCCN(C)S(=O)(=O)c1ccccc1. The van der Waals surface area contributed by atoms with Crippen LogP contribution in [0.25, 0.3) is 0 Å². The number of amides is 2. The number of carbonyl (C=O) groups excluding carboxylic acids is 2. The molecule has 0 aliphatic rings. The van der Waals surface area contributed by atoms with Gasteiger partial charge < -0.3 is 10.2 Å². The summed E-state index contributed by atoms with van der Waals surface area (Å²) in [7, 11) is -2.10. The van der Waals surface area contributed by atoms with E-state index in [0.29, 0.717) is 19.5 Å². The molecule has 0 saturated carbocycles. The van der Waals surface area contributed by atoms with Crippen LogP contribution in [0.3, 0.4) is 0 Å². The van der Waals surface area contributed by atoms with Crippen LogP contribution >= 0.6 is 15.9 Å². The number of carbonyl (C=O) groups is 2. The molecule has 0 radical (unpaired) electrons. The number of nitrogens with one attached hydrogen (secondary N) is 1. The Morgan fingerprint density at radius 3 is 2.29 bits per heavy atom. The van der Waals surface area contributed by atoms with Crippen molar-refractivity contribution in [1.82, 2.24) is 14.5 Å². The molecule has 2 amide bonds. The normalized spacial score (nSPS) is 12.4. The molecule has 2 aromatic rings. The van der Waals surface area contributed by atoms with Gasteiger partial charge >= 0.3 is 0 Å². The number of hydrogen-bond acceptors (Lipinski definition) is 4. The van der Waals surface area contributed by atoms with Crippen LogP contribution in [0.2, 0.25) is 0 Å². The van der Waals surface area contributed by atoms with Gasteiger partial charge in [0.05, 0.1) is 4.90 Å². The minimum atomic E-state index is -3.61. The number of sulfonamides is 1. The third-order valence-electron chi connectivity index (χ3n) is 5.58. The van der Waals surface area contributed by atoms with E-state index in [2.05, 4.69) is 21.2 Å². The number of rotatable bonds is 13. The van der Waals surface area contributed by atoms with Crippen molar-refractivity contribution >= 4 is 37.8 Å². The maximum atomic E-state index is 13.2. The lowest BCUT2D eigenvalue weighted by molar-refractivity contribution is -0.140. The number of unbranched alkanes of at least 4 members (excludes halogenated alkanes) is 1. The minimum absolute atomic E-state index is 0.137. The van der Waals surface area contributed by atoms with Crippen molar-refractivity contribution in [2.75, 3.05) is 20.1 Å². The summed E-state index contributed by atoms with van der Waals surface area (Å²) in [6.45, 7) is 4.85. The molecule has 0 saturated heterocycles. The van der Waals surface area contributed by atoms with E-state index in [1.54, 1.807) is 42.2 Å². The van der Waals surface area contributed by atoms with Gasteiger partial charge in [-0.05, 0) is 49.6 Å². The molecular weight excluding hydrogens is 518 g/mol. The van der Waals surface area contributed by atoms with Gasteiger partial charge in [-0.3, -0.25) is 9.59 Å². The first-order valence-electron chi connectivity index (χ1n) is 11.5. The molecule has 9 heteroatoms. The summed E-state index contributed by atoms with van der Waals surface area (Å²) in [6, 6.07) is 15.2. The van der Waals surface area contributed by atoms with E-state index in [4.69, 9.17) is 0 Å². The molecule has 0 aliphatic carbocycles. The molecule has 0 unspecified atom stereocenters. The molecule has 0 spiro atoms. The maximum absolute atomic E-state index is 13.2. The lowest BCUT2D eigenvalue weighted by Gasteiger charge is -2.29. The van der Waals surface area contributed by atoms with E-state index in [-0.39, 0.29) is 29.7 Å². The van der Waals surface area contributed by atoms with Gasteiger partial charge in [-0.1, -0.05) is 59.6 Å². The average Bonchev–Trinajstić information content (AvgIpc) is 2.83. The van der Waals surface area contributed by atoms with Crippen LogP contribution in [0.15, 0.2) is 64.0 Å². The van der Waals surface area contributed by atoms with E-state index in [0.717, 1.165) is 22.9 Å². The highest BCUT2D eigenvalue weighted by Gasteiger charge is 2.26. The Bertz CT molecular complexity index is 1030. The third kappa shape index (κ3) is 8.21. The molecule has 2 aromatic carbocycles. The summed E-state index contributed by atoms with van der Waals surface area (Å²) >= 11 is 3.41. The van der Waals surface area contributed by atoms with Gasteiger partial charge in [0.2, 0.25) is 21.8 Å². The summed E-state index contributed by atoms with van der Waals surface area (Å²) in [5, 5.41) is 2.90. The van der Waals surface area contributed by atoms with Crippen LogP contribution in [0.4, 0.5) is 0 Å². The molecule has 1 atom stereocenters. The molecule has 186 valence electrons. The van der Waals surface area contributed by atoms with Gasteiger partial charge in [0.15, 0.2) is 0 Å². The predicted molar refractivity (Wildman–Crippen MR) is 138 cm³/mol. The van der Waals surface area contributed by atoms with Crippen LogP contribution in [0.1, 0.15) is 45.1 Å². The highest BCUT2D eigenvalue weighted by molar-refractivity contribution is 9.10. The Morgan fingerprint density at radius 2 is 1.68 bits per heavy atom. The van der Waals surface area contributed by atoms with Crippen molar-refractivity contribution in [2.24, 2.45) is 0 Å². The second-order valence-corrected chi connectivity index (χ2v) is 11.2. The molecule has 0 fully saturated rings. The summed E-state index contributed by atoms with van der Waals surface area (Å²) in [5.41, 5.74) is 0.911. The molecular formula is C25H34BrN3O4S. The van der Waals surface area contributed by atoms with E-state index in [1.807, 2.05) is 31.2 Å². The molecule has 7 nitrogen and oxygen atoms in total. The standard InChI is InChI=1S/C25H34BrN3O4S/c1-4-5-17-27-25(31)20(2)29(19-21-13-15-22(26)16-14-21)24(30)12-9-18-28(3)34(32,33)23-10-7-6-8-11-23/h6-8,10-11,13-16,20H,4-5,9,12,17-19H2,1-3H3,(H,27,31)/t20-/m1/s1. The van der Waals surface area contributed by atoms with E-state index >= 15 is 0 Å². The smallest absolute Gasteiger partial charge is 0.242 e. The number of nitrogens with zero attached hydrogens (tertiary/aromatic N) is 2. The van der Waals surface area contributed by atoms with E-state index < -0.39 is 16.1 Å². The summed E-state index contributed by atoms with van der Waals surface area (Å²) in [6.07, 6.45) is 2.33. The summed E-state index contributed by atoms with van der Waals surface area (Å²) < 4.78 is 27.6. The fraction of sp³-hybridized carbons (Fsp3) is 0.440. The van der Waals surface area contributed by atoms with Gasteiger partial charge in [0.25, 0.3) is 0 Å². The summed E-state index contributed by atoms with van der Waals surface area (Å²) in [5.74, 6) is -0.380. The van der Waals surface area contributed by atoms with Crippen LogP contribution in [0.5, 0.6) is 0 Å².